The molecule has 1 heterocycles. The first-order chi connectivity index (χ1) is 13.8. The number of aryl methyl sites for hydroxylation is 1. The zero-order chi connectivity index (χ0) is 19.1. The minimum atomic E-state index is 1.14. The predicted octanol–water partition coefficient (Wildman–Crippen LogP) is 6.71. The molecule has 0 fully saturated rings. The number of fused-ring (bicyclic) bond motifs is 3. The van der Waals surface area contributed by atoms with E-state index in [9.17, 15) is 0 Å². The zero-order valence-corrected chi connectivity index (χ0v) is 16.1. The van der Waals surface area contributed by atoms with Gasteiger partial charge in [-0.25, -0.2) is 0 Å². The fourth-order valence-corrected chi connectivity index (χ4v) is 4.28. The first-order valence-electron chi connectivity index (χ1n) is 9.61. The molecule has 0 unspecified atom stereocenters. The summed E-state index contributed by atoms with van der Waals surface area (Å²) in [6, 6.07) is 32.5. The van der Waals surface area contributed by atoms with Gasteiger partial charge in [-0.15, -0.1) is 0 Å². The quantitative estimate of drug-likeness (QED) is 0.377. The summed E-state index contributed by atoms with van der Waals surface area (Å²) in [5, 5.41) is 5.91. The fourth-order valence-electron chi connectivity index (χ4n) is 4.28. The van der Waals surface area contributed by atoms with E-state index in [2.05, 4.69) is 108 Å². The molecule has 0 amide bonds. The average Bonchev–Trinajstić information content (AvgIpc) is 3.06. The maximum Gasteiger partial charge on any atom is 0.0568 e. The van der Waals surface area contributed by atoms with Gasteiger partial charge in [-0.3, -0.25) is 0 Å². The fraction of sp³-hybridized carbons (Fsp3) is 0.0769. The van der Waals surface area contributed by atoms with Crippen molar-refractivity contribution in [1.29, 1.82) is 0 Å². The van der Waals surface area contributed by atoms with Gasteiger partial charge in [-0.05, 0) is 29.3 Å². The summed E-state index contributed by atoms with van der Waals surface area (Å²) in [4.78, 5) is 0. The van der Waals surface area contributed by atoms with Crippen molar-refractivity contribution in [2.75, 3.05) is 12.4 Å². The number of rotatable bonds is 3. The molecule has 5 aromatic rings. The van der Waals surface area contributed by atoms with Crippen molar-refractivity contribution < 1.29 is 0 Å². The van der Waals surface area contributed by atoms with E-state index in [1.54, 1.807) is 0 Å². The third-order valence-corrected chi connectivity index (χ3v) is 5.61. The van der Waals surface area contributed by atoms with Crippen LogP contribution < -0.4 is 5.32 Å². The Morgan fingerprint density at radius 2 is 1.29 bits per heavy atom. The predicted molar refractivity (Wildman–Crippen MR) is 121 cm³/mol. The van der Waals surface area contributed by atoms with Gasteiger partial charge in [0.2, 0.25) is 0 Å². The number of hydrogen-bond acceptors (Lipinski definition) is 1. The molecule has 0 spiro atoms. The van der Waals surface area contributed by atoms with Crippen molar-refractivity contribution in [1.82, 2.24) is 4.57 Å². The summed E-state index contributed by atoms with van der Waals surface area (Å²) in [6.07, 6.45) is 0. The Bertz CT molecular complexity index is 1310. The van der Waals surface area contributed by atoms with E-state index in [1.807, 2.05) is 7.05 Å². The summed E-state index contributed by atoms with van der Waals surface area (Å²) in [6.45, 7) is 0. The molecule has 4 aromatic carbocycles. The smallest absolute Gasteiger partial charge is 0.0568 e. The first kappa shape index (κ1) is 16.6. The minimum absolute atomic E-state index is 1.14. The Morgan fingerprint density at radius 3 is 2.14 bits per heavy atom. The normalized spacial score (nSPS) is 11.2. The van der Waals surface area contributed by atoms with E-state index in [1.165, 1.54) is 44.1 Å². The standard InChI is InChI=1S/C26H22N2/c1-27-24-15-5-3-11-20(24)18-9-7-10-19(17-18)21-13-8-14-23-22-12-4-6-16-25(22)28(2)26(21)23/h3-17,27H,1-2H3. The first-order valence-corrected chi connectivity index (χ1v) is 9.61. The minimum Gasteiger partial charge on any atom is -0.388 e. The molecule has 0 aliphatic carbocycles. The summed E-state index contributed by atoms with van der Waals surface area (Å²) in [5.41, 5.74) is 8.63. The Hall–Kier alpha value is -3.52. The number of nitrogens with one attached hydrogen (secondary N) is 1. The van der Waals surface area contributed by atoms with Crippen LogP contribution in [0.25, 0.3) is 44.1 Å². The summed E-state index contributed by atoms with van der Waals surface area (Å²) in [5.74, 6) is 0. The molecule has 5 rings (SSSR count). The van der Waals surface area contributed by atoms with Crippen molar-refractivity contribution in [2.45, 2.75) is 0 Å². The number of benzene rings is 4. The number of nitrogens with zero attached hydrogens (tertiary/aromatic N) is 1. The molecule has 0 bridgehead atoms. The van der Waals surface area contributed by atoms with Crippen LogP contribution in [-0.2, 0) is 7.05 Å². The summed E-state index contributed by atoms with van der Waals surface area (Å²) >= 11 is 0. The van der Waals surface area contributed by atoms with Crippen molar-refractivity contribution in [3.8, 4) is 22.3 Å². The molecular formula is C26H22N2. The third kappa shape index (κ3) is 2.49. The molecule has 136 valence electrons. The van der Waals surface area contributed by atoms with E-state index in [4.69, 9.17) is 0 Å². The van der Waals surface area contributed by atoms with Gasteiger partial charge in [-0.2, -0.15) is 0 Å². The Balaban J connectivity index is 1.76. The summed E-state index contributed by atoms with van der Waals surface area (Å²) in [7, 11) is 4.13. The van der Waals surface area contributed by atoms with E-state index in [0.29, 0.717) is 0 Å². The van der Waals surface area contributed by atoms with Crippen LogP contribution in [0.5, 0.6) is 0 Å². The molecule has 0 saturated carbocycles. The molecule has 0 aliphatic heterocycles. The zero-order valence-electron chi connectivity index (χ0n) is 16.1. The van der Waals surface area contributed by atoms with Crippen LogP contribution in [0, 0.1) is 0 Å². The van der Waals surface area contributed by atoms with Crippen LogP contribution in [0.2, 0.25) is 0 Å². The molecule has 1 N–H and O–H groups in total. The van der Waals surface area contributed by atoms with Gasteiger partial charge in [-0.1, -0.05) is 72.8 Å². The van der Waals surface area contributed by atoms with Crippen molar-refractivity contribution in [3.05, 3.63) is 91.0 Å². The molecule has 28 heavy (non-hydrogen) atoms. The number of anilines is 1. The van der Waals surface area contributed by atoms with Gasteiger partial charge in [0.05, 0.1) is 5.52 Å². The monoisotopic (exact) mass is 362 g/mol. The van der Waals surface area contributed by atoms with Crippen molar-refractivity contribution >= 4 is 27.5 Å². The van der Waals surface area contributed by atoms with Gasteiger partial charge in [0.1, 0.15) is 0 Å². The van der Waals surface area contributed by atoms with Crippen LogP contribution in [-0.4, -0.2) is 11.6 Å². The number of aromatic nitrogens is 1. The van der Waals surface area contributed by atoms with E-state index in [0.717, 1.165) is 5.69 Å². The lowest BCUT2D eigenvalue weighted by atomic mass is 9.96. The lowest BCUT2D eigenvalue weighted by Crippen LogP contribution is -1.92. The molecule has 0 atom stereocenters. The second-order valence-corrected chi connectivity index (χ2v) is 7.15. The molecule has 2 heteroatoms. The maximum absolute atomic E-state index is 3.31. The SMILES string of the molecule is CNc1ccccc1-c1cccc(-c2cccc3c4ccccc4n(C)c23)c1. The van der Waals surface area contributed by atoms with Crippen LogP contribution in [0.15, 0.2) is 91.0 Å². The second-order valence-electron chi connectivity index (χ2n) is 7.15. The van der Waals surface area contributed by atoms with Gasteiger partial charge in [0.25, 0.3) is 0 Å². The van der Waals surface area contributed by atoms with Gasteiger partial charge >= 0.3 is 0 Å². The van der Waals surface area contributed by atoms with E-state index >= 15 is 0 Å². The topological polar surface area (TPSA) is 17.0 Å². The number of para-hydroxylation sites is 3. The molecule has 0 radical (unpaired) electrons. The highest BCUT2D eigenvalue weighted by Gasteiger charge is 2.13. The Morgan fingerprint density at radius 1 is 0.643 bits per heavy atom. The lowest BCUT2D eigenvalue weighted by molar-refractivity contribution is 1.02. The molecule has 1 aromatic heterocycles. The average molecular weight is 362 g/mol. The molecule has 0 saturated heterocycles. The largest absolute Gasteiger partial charge is 0.388 e. The highest BCUT2D eigenvalue weighted by Crippen LogP contribution is 2.37. The lowest BCUT2D eigenvalue weighted by Gasteiger charge is -2.12. The van der Waals surface area contributed by atoms with Crippen LogP contribution in [0.3, 0.4) is 0 Å². The van der Waals surface area contributed by atoms with Crippen LogP contribution in [0.1, 0.15) is 0 Å². The van der Waals surface area contributed by atoms with Crippen molar-refractivity contribution in [2.24, 2.45) is 7.05 Å². The molecule has 2 nitrogen and oxygen atoms in total. The highest BCUT2D eigenvalue weighted by molar-refractivity contribution is 6.12. The van der Waals surface area contributed by atoms with Gasteiger partial charge in [0.15, 0.2) is 0 Å². The second kappa shape index (κ2) is 6.58. The van der Waals surface area contributed by atoms with Crippen molar-refractivity contribution in [3.63, 3.8) is 0 Å². The van der Waals surface area contributed by atoms with Gasteiger partial charge < -0.3 is 9.88 Å². The van der Waals surface area contributed by atoms with Gasteiger partial charge in [0, 0.05) is 47.2 Å². The number of hydrogen-bond donors (Lipinski definition) is 1. The molecule has 0 aliphatic rings. The van der Waals surface area contributed by atoms with E-state index in [-0.39, 0.29) is 0 Å². The third-order valence-electron chi connectivity index (χ3n) is 5.61. The van der Waals surface area contributed by atoms with E-state index < -0.39 is 0 Å². The Labute approximate surface area is 165 Å². The van der Waals surface area contributed by atoms with Crippen LogP contribution in [0.4, 0.5) is 5.69 Å². The molecular weight excluding hydrogens is 340 g/mol. The Kier molecular flexibility index (Phi) is 3.91. The highest BCUT2D eigenvalue weighted by atomic mass is 14.9. The van der Waals surface area contributed by atoms with Crippen LogP contribution >= 0.6 is 0 Å². The maximum atomic E-state index is 3.31. The summed E-state index contributed by atoms with van der Waals surface area (Å²) < 4.78 is 2.31.